The zero-order valence-corrected chi connectivity index (χ0v) is 15.9. The van der Waals surface area contributed by atoms with Crippen LogP contribution in [0, 0.1) is 11.3 Å². The number of carbonyl (C=O) groups excluding carboxylic acids is 1. The third-order valence-corrected chi connectivity index (χ3v) is 5.04. The van der Waals surface area contributed by atoms with Crippen molar-refractivity contribution in [3.63, 3.8) is 0 Å². The van der Waals surface area contributed by atoms with Crippen LogP contribution >= 0.6 is 11.3 Å². The van der Waals surface area contributed by atoms with Gasteiger partial charge in [-0.05, 0) is 36.2 Å². The Kier molecular flexibility index (Phi) is 6.29. The number of hydrogen-bond donors (Lipinski definition) is 0. The number of benzene rings is 1. The average molecular weight is 376 g/mol. The Hall–Kier alpha value is -3.04. The molecule has 0 saturated carbocycles. The second-order valence-corrected chi connectivity index (χ2v) is 7.04. The normalized spacial score (nSPS) is 10.4. The van der Waals surface area contributed by atoms with Gasteiger partial charge in [-0.2, -0.15) is 5.26 Å². The van der Waals surface area contributed by atoms with Crippen molar-refractivity contribution >= 4 is 17.2 Å². The van der Waals surface area contributed by atoms with Gasteiger partial charge >= 0.3 is 0 Å². The summed E-state index contributed by atoms with van der Waals surface area (Å²) in [7, 11) is 0. The molecule has 27 heavy (non-hydrogen) atoms. The lowest BCUT2D eigenvalue weighted by Gasteiger charge is -2.22. The van der Waals surface area contributed by atoms with Gasteiger partial charge in [-0.1, -0.05) is 19.1 Å². The minimum absolute atomic E-state index is 0.0595. The molecule has 3 rings (SSSR count). The average Bonchev–Trinajstić information content (AvgIpc) is 3.17. The van der Waals surface area contributed by atoms with E-state index in [-0.39, 0.29) is 12.3 Å². The van der Waals surface area contributed by atoms with E-state index < -0.39 is 0 Å². The predicted octanol–water partition coefficient (Wildman–Crippen LogP) is 4.06. The van der Waals surface area contributed by atoms with Crippen molar-refractivity contribution < 1.29 is 4.79 Å². The Balaban J connectivity index is 1.68. The summed E-state index contributed by atoms with van der Waals surface area (Å²) < 4.78 is 0. The summed E-state index contributed by atoms with van der Waals surface area (Å²) >= 11 is 1.53. The van der Waals surface area contributed by atoms with Gasteiger partial charge in [0.2, 0.25) is 5.91 Å². The second-order valence-electron chi connectivity index (χ2n) is 6.19. The minimum atomic E-state index is 0.0595. The largest absolute Gasteiger partial charge is 0.338 e. The maximum atomic E-state index is 12.8. The Bertz CT molecular complexity index is 929. The van der Waals surface area contributed by atoms with Crippen LogP contribution in [0.5, 0.6) is 0 Å². The summed E-state index contributed by atoms with van der Waals surface area (Å²) in [5.74, 6) is 0.0595. The lowest BCUT2D eigenvalue weighted by molar-refractivity contribution is -0.131. The number of thiazole rings is 1. The fourth-order valence-corrected chi connectivity index (χ4v) is 3.55. The molecule has 2 heterocycles. The number of rotatable bonds is 7. The Morgan fingerprint density at radius 1 is 1.26 bits per heavy atom. The molecular formula is C21H20N4OS. The molecule has 0 bridgehead atoms. The van der Waals surface area contributed by atoms with E-state index in [1.807, 2.05) is 34.5 Å². The molecule has 0 fully saturated rings. The highest BCUT2D eigenvalue weighted by Gasteiger charge is 2.16. The summed E-state index contributed by atoms with van der Waals surface area (Å²) in [5, 5.41) is 11.7. The molecule has 0 unspecified atom stereocenters. The lowest BCUT2D eigenvalue weighted by Crippen LogP contribution is -2.32. The van der Waals surface area contributed by atoms with Crippen LogP contribution in [-0.4, -0.2) is 27.3 Å². The Morgan fingerprint density at radius 3 is 2.74 bits per heavy atom. The SMILES string of the molecule is CCCN(Cc1ccc(C#N)cc1)C(=O)Cc1csc(-c2cccnc2)n1. The van der Waals surface area contributed by atoms with E-state index >= 15 is 0 Å². The fraction of sp³-hybridized carbons (Fsp3) is 0.238. The fourth-order valence-electron chi connectivity index (χ4n) is 2.74. The molecule has 0 atom stereocenters. The number of nitriles is 1. The van der Waals surface area contributed by atoms with Gasteiger partial charge in [0, 0.05) is 36.4 Å². The molecule has 5 nitrogen and oxygen atoms in total. The van der Waals surface area contributed by atoms with E-state index in [1.165, 1.54) is 11.3 Å². The van der Waals surface area contributed by atoms with Gasteiger partial charge in [0.25, 0.3) is 0 Å². The van der Waals surface area contributed by atoms with Crippen LogP contribution < -0.4 is 0 Å². The first-order valence-electron chi connectivity index (χ1n) is 8.81. The molecule has 0 N–H and O–H groups in total. The maximum absolute atomic E-state index is 12.8. The van der Waals surface area contributed by atoms with Crippen LogP contribution in [0.2, 0.25) is 0 Å². The molecule has 6 heteroatoms. The van der Waals surface area contributed by atoms with E-state index in [4.69, 9.17) is 5.26 Å². The van der Waals surface area contributed by atoms with Crippen molar-refractivity contribution in [3.05, 3.63) is 71.0 Å². The minimum Gasteiger partial charge on any atom is -0.338 e. The van der Waals surface area contributed by atoms with Gasteiger partial charge in [-0.15, -0.1) is 11.3 Å². The number of hydrogen-bond acceptors (Lipinski definition) is 5. The number of carbonyl (C=O) groups is 1. The molecule has 3 aromatic rings. The summed E-state index contributed by atoms with van der Waals surface area (Å²) in [6.45, 7) is 3.29. The quantitative estimate of drug-likeness (QED) is 0.623. The summed E-state index contributed by atoms with van der Waals surface area (Å²) in [4.78, 5) is 23.4. The van der Waals surface area contributed by atoms with Crippen LogP contribution in [0.3, 0.4) is 0 Å². The van der Waals surface area contributed by atoms with Crippen molar-refractivity contribution in [2.45, 2.75) is 26.3 Å². The monoisotopic (exact) mass is 376 g/mol. The van der Waals surface area contributed by atoms with Gasteiger partial charge in [-0.25, -0.2) is 4.98 Å². The van der Waals surface area contributed by atoms with Crippen molar-refractivity contribution in [2.75, 3.05) is 6.54 Å². The number of nitrogens with zero attached hydrogens (tertiary/aromatic N) is 4. The van der Waals surface area contributed by atoms with Gasteiger partial charge < -0.3 is 4.90 Å². The van der Waals surface area contributed by atoms with Gasteiger partial charge in [-0.3, -0.25) is 9.78 Å². The molecule has 0 aliphatic heterocycles. The van der Waals surface area contributed by atoms with Gasteiger partial charge in [0.15, 0.2) is 0 Å². The van der Waals surface area contributed by atoms with E-state index in [9.17, 15) is 4.79 Å². The molecular weight excluding hydrogens is 356 g/mol. The number of amides is 1. The van der Waals surface area contributed by atoms with Gasteiger partial charge in [0.05, 0.1) is 23.7 Å². The topological polar surface area (TPSA) is 69.9 Å². The highest BCUT2D eigenvalue weighted by molar-refractivity contribution is 7.13. The van der Waals surface area contributed by atoms with Crippen LogP contribution in [-0.2, 0) is 17.8 Å². The van der Waals surface area contributed by atoms with Crippen molar-refractivity contribution in [3.8, 4) is 16.6 Å². The highest BCUT2D eigenvalue weighted by Crippen LogP contribution is 2.23. The molecule has 0 aliphatic carbocycles. The third-order valence-electron chi connectivity index (χ3n) is 4.10. The molecule has 0 spiro atoms. The van der Waals surface area contributed by atoms with E-state index in [1.54, 1.807) is 24.5 Å². The van der Waals surface area contributed by atoms with Crippen LogP contribution in [0.25, 0.3) is 10.6 Å². The molecule has 0 radical (unpaired) electrons. The van der Waals surface area contributed by atoms with E-state index in [2.05, 4.69) is 23.0 Å². The second kappa shape index (κ2) is 9.06. The van der Waals surface area contributed by atoms with Crippen LogP contribution in [0.4, 0.5) is 0 Å². The van der Waals surface area contributed by atoms with Crippen molar-refractivity contribution in [1.82, 2.24) is 14.9 Å². The number of aromatic nitrogens is 2. The maximum Gasteiger partial charge on any atom is 0.228 e. The third kappa shape index (κ3) is 4.99. The zero-order chi connectivity index (χ0) is 19.1. The Labute approximate surface area is 162 Å². The predicted molar refractivity (Wildman–Crippen MR) is 106 cm³/mol. The Morgan fingerprint density at radius 2 is 2.07 bits per heavy atom. The first-order chi connectivity index (χ1) is 13.2. The van der Waals surface area contributed by atoms with E-state index in [0.29, 0.717) is 18.7 Å². The first kappa shape index (κ1) is 18.7. The molecule has 136 valence electrons. The first-order valence-corrected chi connectivity index (χ1v) is 9.69. The van der Waals surface area contributed by atoms with Crippen molar-refractivity contribution in [1.29, 1.82) is 5.26 Å². The van der Waals surface area contributed by atoms with E-state index in [0.717, 1.165) is 28.2 Å². The van der Waals surface area contributed by atoms with Crippen LogP contribution in [0.1, 0.15) is 30.2 Å². The molecule has 1 aromatic carbocycles. The molecule has 2 aromatic heterocycles. The molecule has 0 aliphatic rings. The number of pyridine rings is 1. The lowest BCUT2D eigenvalue weighted by atomic mass is 10.1. The summed E-state index contributed by atoms with van der Waals surface area (Å²) in [5.41, 5.74) is 3.39. The van der Waals surface area contributed by atoms with Crippen LogP contribution in [0.15, 0.2) is 54.2 Å². The summed E-state index contributed by atoms with van der Waals surface area (Å²) in [6, 6.07) is 13.3. The zero-order valence-electron chi connectivity index (χ0n) is 15.1. The summed E-state index contributed by atoms with van der Waals surface area (Å²) in [6.07, 6.45) is 4.68. The molecule has 0 saturated heterocycles. The van der Waals surface area contributed by atoms with Crippen molar-refractivity contribution in [2.24, 2.45) is 0 Å². The standard InChI is InChI=1S/C21H20N4OS/c1-2-10-25(14-17-7-5-16(12-22)6-8-17)20(26)11-19-15-27-21(24-19)18-4-3-9-23-13-18/h3-9,13,15H,2,10-11,14H2,1H3. The highest BCUT2D eigenvalue weighted by atomic mass is 32.1. The smallest absolute Gasteiger partial charge is 0.228 e. The van der Waals surface area contributed by atoms with Gasteiger partial charge in [0.1, 0.15) is 5.01 Å². The molecule has 1 amide bonds.